The van der Waals surface area contributed by atoms with E-state index in [4.69, 9.17) is 34.9 Å². The van der Waals surface area contributed by atoms with Gasteiger partial charge in [0.05, 0.1) is 33.5 Å². The summed E-state index contributed by atoms with van der Waals surface area (Å²) in [6.45, 7) is 0. The average molecular weight is 872 g/mol. The molecule has 0 aliphatic heterocycles. The summed E-state index contributed by atoms with van der Waals surface area (Å²) < 4.78 is 4.55. The first-order chi connectivity index (χ1) is 33.7. The summed E-state index contributed by atoms with van der Waals surface area (Å²) in [5.41, 5.74) is 10.8. The van der Waals surface area contributed by atoms with Gasteiger partial charge >= 0.3 is 0 Å². The second-order valence-corrected chi connectivity index (χ2v) is 16.6. The van der Waals surface area contributed by atoms with Crippen molar-refractivity contribution >= 4 is 43.6 Å². The Balaban J connectivity index is 1.04. The van der Waals surface area contributed by atoms with Crippen molar-refractivity contribution in [2.75, 3.05) is 0 Å². The molecule has 0 radical (unpaired) electrons. The number of fused-ring (bicyclic) bond motifs is 7. The Morgan fingerprint density at radius 1 is 0.235 bits per heavy atom. The minimum Gasteiger partial charge on any atom is -0.292 e. The SMILES string of the molecule is c1ccc(-c2cc(-c3ccccc3)nc(-c3cccc(-n4c5ccccc5c5ccc6c7ccccc7n(-c7cccc(-c8nc(-c9ccccc9)nc(-c9ccccc9)n8)n7)c6c54)n3)n2)cc1. The molecular formula is C59H37N9. The van der Waals surface area contributed by atoms with Crippen LogP contribution in [0.4, 0.5) is 0 Å². The molecule has 68 heavy (non-hydrogen) atoms. The molecule has 0 spiro atoms. The van der Waals surface area contributed by atoms with Gasteiger partial charge < -0.3 is 0 Å². The molecule has 0 N–H and O–H groups in total. The number of hydrogen-bond acceptors (Lipinski definition) is 7. The third-order valence-electron chi connectivity index (χ3n) is 12.4. The normalized spacial score (nSPS) is 11.5. The number of benzene rings is 7. The quantitative estimate of drug-likeness (QED) is 0.150. The zero-order valence-corrected chi connectivity index (χ0v) is 36.4. The monoisotopic (exact) mass is 871 g/mol. The van der Waals surface area contributed by atoms with Crippen LogP contribution >= 0.6 is 0 Å². The molecular weight excluding hydrogens is 835 g/mol. The summed E-state index contributed by atoms with van der Waals surface area (Å²) >= 11 is 0. The maximum absolute atomic E-state index is 5.43. The Morgan fingerprint density at radius 3 is 1.04 bits per heavy atom. The largest absolute Gasteiger partial charge is 0.292 e. The zero-order chi connectivity index (χ0) is 45.0. The van der Waals surface area contributed by atoms with E-state index < -0.39 is 0 Å². The van der Waals surface area contributed by atoms with Crippen molar-refractivity contribution in [3.63, 3.8) is 0 Å². The van der Waals surface area contributed by atoms with Gasteiger partial charge in [0, 0.05) is 43.8 Å². The number of para-hydroxylation sites is 2. The molecule has 7 aromatic carbocycles. The van der Waals surface area contributed by atoms with Crippen LogP contribution in [0.15, 0.2) is 224 Å². The summed E-state index contributed by atoms with van der Waals surface area (Å²) in [5.74, 6) is 3.64. The lowest BCUT2D eigenvalue weighted by molar-refractivity contribution is 1.03. The van der Waals surface area contributed by atoms with Gasteiger partial charge in [-0.05, 0) is 42.5 Å². The molecule has 6 heterocycles. The Hall–Kier alpha value is -9.47. The van der Waals surface area contributed by atoms with Gasteiger partial charge in [-0.1, -0.05) is 182 Å². The summed E-state index contributed by atoms with van der Waals surface area (Å²) in [7, 11) is 0. The number of rotatable bonds is 8. The lowest BCUT2D eigenvalue weighted by atomic mass is 10.1. The summed E-state index contributed by atoms with van der Waals surface area (Å²) in [6, 6.07) is 76.2. The molecule has 0 aliphatic carbocycles. The fourth-order valence-corrected chi connectivity index (χ4v) is 9.32. The summed E-state index contributed by atoms with van der Waals surface area (Å²) in [5, 5.41) is 4.39. The highest BCUT2D eigenvalue weighted by Crippen LogP contribution is 2.42. The molecule has 6 aromatic heterocycles. The van der Waals surface area contributed by atoms with Crippen LogP contribution in [-0.4, -0.2) is 44.0 Å². The van der Waals surface area contributed by atoms with Gasteiger partial charge in [-0.2, -0.15) is 0 Å². The molecule has 0 saturated heterocycles. The molecule has 318 valence electrons. The van der Waals surface area contributed by atoms with E-state index >= 15 is 0 Å². The van der Waals surface area contributed by atoms with E-state index in [-0.39, 0.29) is 0 Å². The molecule has 0 bridgehead atoms. The fourth-order valence-electron chi connectivity index (χ4n) is 9.32. The van der Waals surface area contributed by atoms with E-state index in [9.17, 15) is 0 Å². The Morgan fingerprint density at radius 2 is 0.603 bits per heavy atom. The van der Waals surface area contributed by atoms with Crippen molar-refractivity contribution in [3.05, 3.63) is 224 Å². The number of pyridine rings is 2. The van der Waals surface area contributed by atoms with Crippen LogP contribution in [0.1, 0.15) is 0 Å². The highest BCUT2D eigenvalue weighted by Gasteiger charge is 2.23. The summed E-state index contributed by atoms with van der Waals surface area (Å²) in [6.07, 6.45) is 0. The van der Waals surface area contributed by atoms with Crippen LogP contribution in [0.3, 0.4) is 0 Å². The predicted octanol–water partition coefficient (Wildman–Crippen LogP) is 13.6. The number of nitrogens with zero attached hydrogens (tertiary/aromatic N) is 9. The van der Waals surface area contributed by atoms with Crippen molar-refractivity contribution in [1.82, 2.24) is 44.0 Å². The van der Waals surface area contributed by atoms with Crippen LogP contribution < -0.4 is 0 Å². The average Bonchev–Trinajstić information content (AvgIpc) is 3.95. The first-order valence-electron chi connectivity index (χ1n) is 22.5. The Labute approximate surface area is 390 Å². The second kappa shape index (κ2) is 16.2. The van der Waals surface area contributed by atoms with Crippen LogP contribution in [0.25, 0.3) is 124 Å². The Bertz CT molecular complexity index is 3640. The first kappa shape index (κ1) is 38.9. The molecule has 0 unspecified atom stereocenters. The standard InChI is InChI=1S/C59H37N9/c1-5-19-38(20-6-1)48-37-49(39-21-7-2-8-22-39)63-58(62-48)46-29-17-33-52(60-46)67-50-31-15-13-27-42(50)44-35-36-45-43-28-14-16-32-51(43)68(55(45)54(44)67)53-34-18-30-47(61-53)59-65-56(40-23-9-3-10-24-40)64-57(66-59)41-25-11-4-12-26-41/h1-37H. The Kier molecular flexibility index (Phi) is 9.28. The van der Waals surface area contributed by atoms with E-state index in [1.165, 1.54) is 0 Å². The first-order valence-corrected chi connectivity index (χ1v) is 22.5. The topological polar surface area (TPSA) is 100 Å². The van der Waals surface area contributed by atoms with Crippen LogP contribution in [0.5, 0.6) is 0 Å². The van der Waals surface area contributed by atoms with E-state index in [0.29, 0.717) is 34.7 Å². The third-order valence-corrected chi connectivity index (χ3v) is 12.4. The van der Waals surface area contributed by atoms with Gasteiger partial charge in [0.1, 0.15) is 23.0 Å². The molecule has 13 rings (SSSR count). The minimum absolute atomic E-state index is 0.481. The molecule has 13 aromatic rings. The van der Waals surface area contributed by atoms with Crippen molar-refractivity contribution in [3.8, 4) is 80.0 Å². The predicted molar refractivity (Wildman–Crippen MR) is 272 cm³/mol. The van der Waals surface area contributed by atoms with Gasteiger partial charge in [-0.25, -0.2) is 34.9 Å². The smallest absolute Gasteiger partial charge is 0.182 e. The molecule has 9 heteroatoms. The second-order valence-electron chi connectivity index (χ2n) is 16.6. The molecule has 0 atom stereocenters. The van der Waals surface area contributed by atoms with Crippen molar-refractivity contribution in [2.45, 2.75) is 0 Å². The molecule has 0 saturated carbocycles. The van der Waals surface area contributed by atoms with Crippen LogP contribution in [-0.2, 0) is 0 Å². The van der Waals surface area contributed by atoms with Crippen LogP contribution in [0.2, 0.25) is 0 Å². The summed E-state index contributed by atoms with van der Waals surface area (Å²) in [4.78, 5) is 36.2. The van der Waals surface area contributed by atoms with Gasteiger partial charge in [0.15, 0.2) is 23.3 Å². The van der Waals surface area contributed by atoms with Crippen molar-refractivity contribution in [1.29, 1.82) is 0 Å². The van der Waals surface area contributed by atoms with E-state index in [1.54, 1.807) is 0 Å². The van der Waals surface area contributed by atoms with Gasteiger partial charge in [0.25, 0.3) is 0 Å². The highest BCUT2D eigenvalue weighted by molar-refractivity contribution is 6.23. The van der Waals surface area contributed by atoms with Gasteiger partial charge in [-0.15, -0.1) is 0 Å². The fraction of sp³-hybridized carbons (Fsp3) is 0. The minimum atomic E-state index is 0.481. The third kappa shape index (κ3) is 6.68. The van der Waals surface area contributed by atoms with Crippen molar-refractivity contribution < 1.29 is 0 Å². The maximum Gasteiger partial charge on any atom is 0.182 e. The molecule has 9 nitrogen and oxygen atoms in total. The van der Waals surface area contributed by atoms with Crippen LogP contribution in [0, 0.1) is 0 Å². The molecule has 0 fully saturated rings. The molecule has 0 amide bonds. The van der Waals surface area contributed by atoms with E-state index in [2.05, 4.69) is 112 Å². The lowest BCUT2D eigenvalue weighted by Gasteiger charge is -2.13. The van der Waals surface area contributed by atoms with E-state index in [1.807, 2.05) is 121 Å². The molecule has 0 aliphatic rings. The maximum atomic E-state index is 5.43. The number of hydrogen-bond donors (Lipinski definition) is 0. The zero-order valence-electron chi connectivity index (χ0n) is 36.4. The van der Waals surface area contributed by atoms with E-state index in [0.717, 1.165) is 88.9 Å². The lowest BCUT2D eigenvalue weighted by Crippen LogP contribution is -2.05. The van der Waals surface area contributed by atoms with Crippen molar-refractivity contribution in [2.24, 2.45) is 0 Å². The van der Waals surface area contributed by atoms with Gasteiger partial charge in [-0.3, -0.25) is 9.13 Å². The van der Waals surface area contributed by atoms with Gasteiger partial charge in [0.2, 0.25) is 0 Å². The highest BCUT2D eigenvalue weighted by atomic mass is 15.1. The number of aromatic nitrogens is 9.